The number of nitrogens with one attached hydrogen (secondary N) is 2. The number of fused-ring (bicyclic) bond motifs is 1. The van der Waals surface area contributed by atoms with E-state index in [0.717, 1.165) is 16.6 Å². The van der Waals surface area contributed by atoms with Crippen molar-refractivity contribution < 1.29 is 4.79 Å². The van der Waals surface area contributed by atoms with E-state index in [1.807, 2.05) is 24.3 Å². The van der Waals surface area contributed by atoms with Crippen molar-refractivity contribution in [2.45, 2.75) is 6.42 Å². The average Bonchev–Trinajstić information content (AvgIpc) is 2.49. The Bertz CT molecular complexity index is 627. The van der Waals surface area contributed by atoms with Crippen LogP contribution in [-0.4, -0.2) is 17.4 Å². The molecule has 5 heteroatoms. The number of nitrogens with zero attached hydrogens (tertiary/aromatic N) is 1. The predicted octanol–water partition coefficient (Wildman–Crippen LogP) is 3.07. The predicted molar refractivity (Wildman–Crippen MR) is 82.7 cm³/mol. The maximum Gasteiger partial charge on any atom is 0.230 e. The lowest BCUT2D eigenvalue weighted by Crippen LogP contribution is -2.33. The second-order valence-corrected chi connectivity index (χ2v) is 5.71. The lowest BCUT2D eigenvalue weighted by atomic mass is 9.93. The number of amides is 1. The smallest absolute Gasteiger partial charge is 0.230 e. The summed E-state index contributed by atoms with van der Waals surface area (Å²) in [6, 6.07) is 11.7. The number of aromatic nitrogens is 1. The molecule has 2 heterocycles. The summed E-state index contributed by atoms with van der Waals surface area (Å²) in [5.41, 5.74) is 2.31. The van der Waals surface area contributed by atoms with Crippen LogP contribution in [0.3, 0.4) is 0 Å². The molecule has 1 aromatic carbocycles. The highest BCUT2D eigenvalue weighted by Gasteiger charge is 2.24. The van der Waals surface area contributed by atoms with Crippen molar-refractivity contribution in [1.82, 2.24) is 4.98 Å². The maximum absolute atomic E-state index is 12.3. The molecule has 20 heavy (non-hydrogen) atoms. The zero-order valence-electron chi connectivity index (χ0n) is 10.8. The van der Waals surface area contributed by atoms with Crippen LogP contribution < -0.4 is 10.6 Å². The zero-order chi connectivity index (χ0) is 13.9. The second-order valence-electron chi connectivity index (χ2n) is 4.79. The van der Waals surface area contributed by atoms with E-state index in [1.165, 1.54) is 5.56 Å². The van der Waals surface area contributed by atoms with Gasteiger partial charge >= 0.3 is 0 Å². The standard InChI is InChI=1S/C15H14BrN3O/c16-12-5-6-14(18-9-12)19-15(20)11-7-10-3-1-2-4-13(10)17-8-11/h1-6,9,11,17H,7-8H2,(H,18,19,20). The molecule has 1 aliphatic heterocycles. The third-order valence-corrected chi connectivity index (χ3v) is 3.84. The molecule has 2 aromatic rings. The fraction of sp³-hybridized carbons (Fsp3) is 0.200. The van der Waals surface area contributed by atoms with Gasteiger partial charge in [-0.2, -0.15) is 0 Å². The minimum absolute atomic E-state index is 0.00169. The van der Waals surface area contributed by atoms with Crippen LogP contribution >= 0.6 is 15.9 Å². The molecule has 1 atom stereocenters. The van der Waals surface area contributed by atoms with Gasteiger partial charge in [-0.1, -0.05) is 18.2 Å². The van der Waals surface area contributed by atoms with Crippen molar-refractivity contribution in [2.24, 2.45) is 5.92 Å². The van der Waals surface area contributed by atoms with Crippen LogP contribution in [0.1, 0.15) is 5.56 Å². The van der Waals surface area contributed by atoms with E-state index in [1.54, 1.807) is 12.3 Å². The molecule has 0 aliphatic carbocycles. The molecule has 1 aliphatic rings. The van der Waals surface area contributed by atoms with Crippen LogP contribution in [0.4, 0.5) is 11.5 Å². The quantitative estimate of drug-likeness (QED) is 0.889. The van der Waals surface area contributed by atoms with Crippen LogP contribution in [0.5, 0.6) is 0 Å². The monoisotopic (exact) mass is 331 g/mol. The minimum atomic E-state index is -0.0738. The molecular formula is C15H14BrN3O. The number of hydrogen-bond acceptors (Lipinski definition) is 3. The first-order chi connectivity index (χ1) is 9.72. The third-order valence-electron chi connectivity index (χ3n) is 3.37. The summed E-state index contributed by atoms with van der Waals surface area (Å²) in [7, 11) is 0. The van der Waals surface area contributed by atoms with E-state index >= 15 is 0 Å². The SMILES string of the molecule is O=C(Nc1ccc(Br)cn1)C1CNc2ccccc2C1. The number of rotatable bonds is 2. The van der Waals surface area contributed by atoms with E-state index in [4.69, 9.17) is 0 Å². The van der Waals surface area contributed by atoms with Crippen LogP contribution in [-0.2, 0) is 11.2 Å². The van der Waals surface area contributed by atoms with Crippen molar-refractivity contribution in [1.29, 1.82) is 0 Å². The summed E-state index contributed by atoms with van der Waals surface area (Å²) in [6.45, 7) is 0.652. The molecule has 0 fully saturated rings. The topological polar surface area (TPSA) is 54.0 Å². The molecule has 0 saturated carbocycles. The zero-order valence-corrected chi connectivity index (χ0v) is 12.4. The van der Waals surface area contributed by atoms with Crippen LogP contribution in [0.2, 0.25) is 0 Å². The van der Waals surface area contributed by atoms with Crippen molar-refractivity contribution in [3.8, 4) is 0 Å². The molecule has 1 aromatic heterocycles. The van der Waals surface area contributed by atoms with E-state index < -0.39 is 0 Å². The average molecular weight is 332 g/mol. The van der Waals surface area contributed by atoms with Gasteiger partial charge in [0.1, 0.15) is 5.82 Å². The summed E-state index contributed by atoms with van der Waals surface area (Å²) in [4.78, 5) is 16.4. The molecule has 3 rings (SSSR count). The Kier molecular flexibility index (Phi) is 3.69. The number of anilines is 2. The van der Waals surface area contributed by atoms with Gasteiger partial charge in [0.15, 0.2) is 0 Å². The molecule has 102 valence electrons. The van der Waals surface area contributed by atoms with Crippen LogP contribution in [0, 0.1) is 5.92 Å². The highest BCUT2D eigenvalue weighted by Crippen LogP contribution is 2.25. The maximum atomic E-state index is 12.3. The third kappa shape index (κ3) is 2.82. The lowest BCUT2D eigenvalue weighted by molar-refractivity contribution is -0.119. The molecule has 0 radical (unpaired) electrons. The summed E-state index contributed by atoms with van der Waals surface area (Å²) in [5.74, 6) is 0.509. The minimum Gasteiger partial charge on any atom is -0.384 e. The van der Waals surface area contributed by atoms with E-state index in [9.17, 15) is 4.79 Å². The van der Waals surface area contributed by atoms with Gasteiger partial charge < -0.3 is 10.6 Å². The Morgan fingerprint density at radius 1 is 1.30 bits per heavy atom. The van der Waals surface area contributed by atoms with E-state index in [0.29, 0.717) is 12.4 Å². The number of carbonyl (C=O) groups excluding carboxylic acids is 1. The molecule has 0 saturated heterocycles. The summed E-state index contributed by atoms with van der Waals surface area (Å²) < 4.78 is 0.892. The van der Waals surface area contributed by atoms with Gasteiger partial charge in [-0.05, 0) is 46.1 Å². The highest BCUT2D eigenvalue weighted by atomic mass is 79.9. The molecule has 0 spiro atoms. The number of para-hydroxylation sites is 1. The van der Waals surface area contributed by atoms with E-state index in [2.05, 4.69) is 37.6 Å². The van der Waals surface area contributed by atoms with Crippen molar-refractivity contribution >= 4 is 33.3 Å². The Morgan fingerprint density at radius 3 is 2.95 bits per heavy atom. The summed E-state index contributed by atoms with van der Waals surface area (Å²) in [6.07, 6.45) is 2.43. The molecule has 1 unspecified atom stereocenters. The molecular weight excluding hydrogens is 318 g/mol. The highest BCUT2D eigenvalue weighted by molar-refractivity contribution is 9.10. The fourth-order valence-electron chi connectivity index (χ4n) is 2.30. The number of pyridine rings is 1. The summed E-state index contributed by atoms with van der Waals surface area (Å²) >= 11 is 3.32. The first-order valence-electron chi connectivity index (χ1n) is 6.46. The first-order valence-corrected chi connectivity index (χ1v) is 7.26. The Morgan fingerprint density at radius 2 is 2.15 bits per heavy atom. The van der Waals surface area contributed by atoms with Crippen LogP contribution in [0.15, 0.2) is 47.1 Å². The fourth-order valence-corrected chi connectivity index (χ4v) is 2.54. The lowest BCUT2D eigenvalue weighted by Gasteiger charge is -2.25. The molecule has 0 bridgehead atoms. The van der Waals surface area contributed by atoms with Gasteiger partial charge in [-0.15, -0.1) is 0 Å². The van der Waals surface area contributed by atoms with Gasteiger partial charge in [-0.3, -0.25) is 4.79 Å². The van der Waals surface area contributed by atoms with Gasteiger partial charge in [0, 0.05) is 22.9 Å². The number of halogens is 1. The first kappa shape index (κ1) is 13.1. The molecule has 1 amide bonds. The Hall–Kier alpha value is -1.88. The largest absolute Gasteiger partial charge is 0.384 e. The van der Waals surface area contributed by atoms with Gasteiger partial charge in [0.05, 0.1) is 5.92 Å². The van der Waals surface area contributed by atoms with Gasteiger partial charge in [-0.25, -0.2) is 4.98 Å². The van der Waals surface area contributed by atoms with Gasteiger partial charge in [0.25, 0.3) is 0 Å². The normalized spacial score (nSPS) is 16.9. The summed E-state index contributed by atoms with van der Waals surface area (Å²) in [5, 5.41) is 6.16. The van der Waals surface area contributed by atoms with E-state index in [-0.39, 0.29) is 11.8 Å². The number of hydrogen-bond donors (Lipinski definition) is 2. The van der Waals surface area contributed by atoms with Crippen molar-refractivity contribution in [3.05, 3.63) is 52.6 Å². The molecule has 4 nitrogen and oxygen atoms in total. The Labute approximate surface area is 125 Å². The second kappa shape index (κ2) is 5.63. The van der Waals surface area contributed by atoms with Crippen LogP contribution in [0.25, 0.3) is 0 Å². The number of benzene rings is 1. The van der Waals surface area contributed by atoms with Crippen molar-refractivity contribution in [2.75, 3.05) is 17.2 Å². The number of carbonyl (C=O) groups is 1. The molecule has 2 N–H and O–H groups in total. The van der Waals surface area contributed by atoms with Gasteiger partial charge in [0.2, 0.25) is 5.91 Å². The van der Waals surface area contributed by atoms with Crippen molar-refractivity contribution in [3.63, 3.8) is 0 Å². The Balaban J connectivity index is 1.68.